The van der Waals surface area contributed by atoms with Gasteiger partial charge < -0.3 is 20.2 Å². The van der Waals surface area contributed by atoms with E-state index in [1.54, 1.807) is 24.3 Å². The Morgan fingerprint density at radius 2 is 1.90 bits per heavy atom. The minimum absolute atomic E-state index is 0.103. The standard InChI is InChI=1S/C16H18N2O3/c1-2-9-17-16(20)12-3-5-13(6-4-12)18-10-14-7-8-15(11-19)21-14/h2-8,18-19H,1,9-11H2,(H,17,20). The van der Waals surface area contributed by atoms with Gasteiger partial charge in [-0.1, -0.05) is 6.08 Å². The molecule has 3 N–H and O–H groups in total. The highest BCUT2D eigenvalue weighted by atomic mass is 16.4. The number of aliphatic hydroxyl groups is 1. The van der Waals surface area contributed by atoms with Crippen LogP contribution in [-0.4, -0.2) is 17.6 Å². The van der Waals surface area contributed by atoms with Crippen molar-refractivity contribution in [2.24, 2.45) is 0 Å². The van der Waals surface area contributed by atoms with Crippen LogP contribution in [0.3, 0.4) is 0 Å². The lowest BCUT2D eigenvalue weighted by Crippen LogP contribution is -2.23. The van der Waals surface area contributed by atoms with E-state index >= 15 is 0 Å². The summed E-state index contributed by atoms with van der Waals surface area (Å²) in [4.78, 5) is 11.7. The van der Waals surface area contributed by atoms with Gasteiger partial charge in [0.05, 0.1) is 6.54 Å². The molecule has 0 radical (unpaired) electrons. The van der Waals surface area contributed by atoms with Crippen molar-refractivity contribution in [3.05, 3.63) is 66.1 Å². The van der Waals surface area contributed by atoms with E-state index in [2.05, 4.69) is 17.2 Å². The van der Waals surface area contributed by atoms with Gasteiger partial charge in [0.2, 0.25) is 0 Å². The summed E-state index contributed by atoms with van der Waals surface area (Å²) in [6.45, 7) is 4.41. The molecular weight excluding hydrogens is 268 g/mol. The van der Waals surface area contributed by atoms with Crippen molar-refractivity contribution in [3.8, 4) is 0 Å². The second-order valence-electron chi connectivity index (χ2n) is 4.46. The van der Waals surface area contributed by atoms with Gasteiger partial charge >= 0.3 is 0 Å². The molecular formula is C16H18N2O3. The van der Waals surface area contributed by atoms with Gasteiger partial charge in [-0.15, -0.1) is 6.58 Å². The normalized spacial score (nSPS) is 10.1. The Balaban J connectivity index is 1.89. The quantitative estimate of drug-likeness (QED) is 0.683. The molecule has 1 aromatic carbocycles. The number of furan rings is 1. The maximum absolute atomic E-state index is 11.7. The van der Waals surface area contributed by atoms with Crippen molar-refractivity contribution in [3.63, 3.8) is 0 Å². The Bertz CT molecular complexity index is 602. The van der Waals surface area contributed by atoms with E-state index in [0.29, 0.717) is 24.4 Å². The molecule has 1 heterocycles. The molecule has 1 amide bonds. The first-order valence-corrected chi connectivity index (χ1v) is 6.64. The number of amides is 1. The average molecular weight is 286 g/mol. The molecule has 2 rings (SSSR count). The number of nitrogens with one attached hydrogen (secondary N) is 2. The Hall–Kier alpha value is -2.53. The first kappa shape index (κ1) is 14.9. The number of carbonyl (C=O) groups is 1. The predicted octanol–water partition coefficient (Wildman–Crippen LogP) is 2.30. The van der Waals surface area contributed by atoms with E-state index in [1.165, 1.54) is 0 Å². The van der Waals surface area contributed by atoms with Gasteiger partial charge in [0.1, 0.15) is 18.1 Å². The zero-order chi connectivity index (χ0) is 15.1. The summed E-state index contributed by atoms with van der Waals surface area (Å²) in [7, 11) is 0. The molecule has 0 bridgehead atoms. The van der Waals surface area contributed by atoms with Gasteiger partial charge in [-0.05, 0) is 36.4 Å². The molecule has 0 aliphatic rings. The second-order valence-corrected chi connectivity index (χ2v) is 4.46. The van der Waals surface area contributed by atoms with Crippen molar-refractivity contribution >= 4 is 11.6 Å². The minimum atomic E-state index is -0.125. The molecule has 0 saturated heterocycles. The van der Waals surface area contributed by atoms with Crippen molar-refractivity contribution < 1.29 is 14.3 Å². The highest BCUT2D eigenvalue weighted by Gasteiger charge is 2.04. The second kappa shape index (κ2) is 7.31. The maximum atomic E-state index is 11.7. The van der Waals surface area contributed by atoms with Crippen molar-refractivity contribution in [2.75, 3.05) is 11.9 Å². The minimum Gasteiger partial charge on any atom is -0.462 e. The highest BCUT2D eigenvalue weighted by Crippen LogP contribution is 2.13. The van der Waals surface area contributed by atoms with E-state index in [9.17, 15) is 4.79 Å². The molecule has 0 aliphatic carbocycles. The Morgan fingerprint density at radius 3 is 2.52 bits per heavy atom. The number of rotatable bonds is 7. The maximum Gasteiger partial charge on any atom is 0.251 e. The number of carbonyl (C=O) groups excluding carboxylic acids is 1. The molecule has 0 fully saturated rings. The van der Waals surface area contributed by atoms with Crippen molar-refractivity contribution in [1.29, 1.82) is 0 Å². The van der Waals surface area contributed by atoms with Crippen LogP contribution in [0.4, 0.5) is 5.69 Å². The molecule has 5 heteroatoms. The Labute approximate surface area is 123 Å². The van der Waals surface area contributed by atoms with E-state index in [0.717, 1.165) is 11.4 Å². The molecule has 21 heavy (non-hydrogen) atoms. The van der Waals surface area contributed by atoms with Crippen LogP contribution in [0.15, 0.2) is 53.5 Å². The largest absolute Gasteiger partial charge is 0.462 e. The number of anilines is 1. The third-order valence-corrected chi connectivity index (χ3v) is 2.89. The van der Waals surface area contributed by atoms with Gasteiger partial charge in [-0.25, -0.2) is 0 Å². The summed E-state index contributed by atoms with van der Waals surface area (Å²) < 4.78 is 5.37. The Kier molecular flexibility index (Phi) is 5.17. The van der Waals surface area contributed by atoms with Crippen LogP contribution in [0, 0.1) is 0 Å². The van der Waals surface area contributed by atoms with Crippen LogP contribution in [0.1, 0.15) is 21.9 Å². The summed E-state index contributed by atoms with van der Waals surface area (Å²) >= 11 is 0. The van der Waals surface area contributed by atoms with Crippen LogP contribution in [0.25, 0.3) is 0 Å². The van der Waals surface area contributed by atoms with Gasteiger partial charge in [0, 0.05) is 17.8 Å². The third kappa shape index (κ3) is 4.22. The topological polar surface area (TPSA) is 74.5 Å². The van der Waals surface area contributed by atoms with Gasteiger partial charge in [-0.2, -0.15) is 0 Å². The smallest absolute Gasteiger partial charge is 0.251 e. The lowest BCUT2D eigenvalue weighted by molar-refractivity contribution is 0.0958. The fourth-order valence-corrected chi connectivity index (χ4v) is 1.80. The van der Waals surface area contributed by atoms with Gasteiger partial charge in [0.25, 0.3) is 5.91 Å². The molecule has 0 unspecified atom stereocenters. The van der Waals surface area contributed by atoms with E-state index in [4.69, 9.17) is 9.52 Å². The van der Waals surface area contributed by atoms with Crippen molar-refractivity contribution in [2.45, 2.75) is 13.2 Å². The van der Waals surface area contributed by atoms with Gasteiger partial charge in [-0.3, -0.25) is 4.79 Å². The Morgan fingerprint density at radius 1 is 1.19 bits per heavy atom. The lowest BCUT2D eigenvalue weighted by Gasteiger charge is -2.06. The highest BCUT2D eigenvalue weighted by molar-refractivity contribution is 5.94. The molecule has 1 aromatic heterocycles. The first-order chi connectivity index (χ1) is 10.2. The predicted molar refractivity (Wildman–Crippen MR) is 80.9 cm³/mol. The number of aliphatic hydroxyl groups excluding tert-OH is 1. The molecule has 0 saturated carbocycles. The van der Waals surface area contributed by atoms with Crippen LogP contribution >= 0.6 is 0 Å². The molecule has 0 aliphatic heterocycles. The zero-order valence-electron chi connectivity index (χ0n) is 11.6. The van der Waals surface area contributed by atoms with Gasteiger partial charge in [0.15, 0.2) is 0 Å². The average Bonchev–Trinajstić information content (AvgIpc) is 2.99. The number of hydrogen-bond acceptors (Lipinski definition) is 4. The van der Waals surface area contributed by atoms with E-state index in [1.807, 2.05) is 18.2 Å². The first-order valence-electron chi connectivity index (χ1n) is 6.64. The SMILES string of the molecule is C=CCNC(=O)c1ccc(NCc2ccc(CO)o2)cc1. The fraction of sp³-hybridized carbons (Fsp3) is 0.188. The summed E-state index contributed by atoms with van der Waals surface area (Å²) in [6.07, 6.45) is 1.64. The fourth-order valence-electron chi connectivity index (χ4n) is 1.80. The molecule has 2 aromatic rings. The van der Waals surface area contributed by atoms with E-state index < -0.39 is 0 Å². The van der Waals surface area contributed by atoms with Crippen LogP contribution in [-0.2, 0) is 13.2 Å². The van der Waals surface area contributed by atoms with E-state index in [-0.39, 0.29) is 12.5 Å². The number of benzene rings is 1. The summed E-state index contributed by atoms with van der Waals surface area (Å²) in [6, 6.07) is 10.7. The molecule has 0 atom stereocenters. The van der Waals surface area contributed by atoms with Crippen LogP contribution in [0.2, 0.25) is 0 Å². The summed E-state index contributed by atoms with van der Waals surface area (Å²) in [5, 5.41) is 14.8. The van der Waals surface area contributed by atoms with Crippen LogP contribution < -0.4 is 10.6 Å². The number of hydrogen-bond donors (Lipinski definition) is 3. The molecule has 110 valence electrons. The third-order valence-electron chi connectivity index (χ3n) is 2.89. The molecule has 5 nitrogen and oxygen atoms in total. The van der Waals surface area contributed by atoms with Crippen LogP contribution in [0.5, 0.6) is 0 Å². The molecule has 0 spiro atoms. The lowest BCUT2D eigenvalue weighted by atomic mass is 10.2. The summed E-state index contributed by atoms with van der Waals surface area (Å²) in [5.74, 6) is 1.16. The van der Waals surface area contributed by atoms with Crippen molar-refractivity contribution in [1.82, 2.24) is 5.32 Å². The monoisotopic (exact) mass is 286 g/mol. The summed E-state index contributed by atoms with van der Waals surface area (Å²) in [5.41, 5.74) is 1.49. The zero-order valence-corrected chi connectivity index (χ0v) is 11.6.